The van der Waals surface area contributed by atoms with Gasteiger partial charge in [0.25, 0.3) is 0 Å². The van der Waals surface area contributed by atoms with Gasteiger partial charge in [-0.25, -0.2) is 9.13 Å². The summed E-state index contributed by atoms with van der Waals surface area (Å²) in [6, 6.07) is 0. The Bertz CT molecular complexity index is 1790. The zero-order chi connectivity index (χ0) is 52.0. The van der Waals surface area contributed by atoms with Crippen molar-refractivity contribution in [1.29, 1.82) is 0 Å². The van der Waals surface area contributed by atoms with Gasteiger partial charge in [0.2, 0.25) is 0 Å². The summed E-state index contributed by atoms with van der Waals surface area (Å²) in [5.41, 5.74) is 0. The van der Waals surface area contributed by atoms with Crippen LogP contribution in [0.15, 0.2) is 85.1 Å². The Morgan fingerprint density at radius 1 is 0.800 bits per heavy atom. The number of aliphatic hydroxyl groups is 7. The highest BCUT2D eigenvalue weighted by Gasteiger charge is 2.51. The molecule has 0 aromatic rings. The zero-order valence-electron chi connectivity index (χ0n) is 40.5. The maximum atomic E-state index is 13.6. The molecular formula is C49H80O19P2. The highest BCUT2D eigenvalue weighted by atomic mass is 31.2. The van der Waals surface area contributed by atoms with Gasteiger partial charge in [-0.3, -0.25) is 23.2 Å². The van der Waals surface area contributed by atoms with Crippen LogP contribution in [-0.4, -0.2) is 137 Å². The van der Waals surface area contributed by atoms with Crippen molar-refractivity contribution in [3.8, 4) is 0 Å². The van der Waals surface area contributed by atoms with Crippen molar-refractivity contribution in [2.24, 2.45) is 11.8 Å². The van der Waals surface area contributed by atoms with Gasteiger partial charge in [0.1, 0.15) is 31.0 Å². The molecule has 19 nitrogen and oxygen atoms in total. The number of hydrogen-bond acceptors (Lipinski definition) is 16. The minimum Gasteiger partial charge on any atom is -0.462 e. The molecule has 10 N–H and O–H groups in total. The number of carbonyl (C=O) groups is 2. The molecule has 2 bridgehead atoms. The van der Waals surface area contributed by atoms with Gasteiger partial charge >= 0.3 is 27.6 Å². The van der Waals surface area contributed by atoms with Gasteiger partial charge < -0.3 is 59.9 Å². The summed E-state index contributed by atoms with van der Waals surface area (Å²) in [6.45, 7) is 2.45. The predicted molar refractivity (Wildman–Crippen MR) is 261 cm³/mol. The number of allylic oxidation sites excluding steroid dienone is 11. The Balaban J connectivity index is 2.22. The lowest BCUT2D eigenvalue weighted by Gasteiger charge is -2.38. The fourth-order valence-corrected chi connectivity index (χ4v) is 9.16. The molecule has 21 heteroatoms. The van der Waals surface area contributed by atoms with Crippen LogP contribution in [0.25, 0.3) is 0 Å². The summed E-state index contributed by atoms with van der Waals surface area (Å²) in [6.07, 6.45) is 13.4. The molecule has 400 valence electrons. The van der Waals surface area contributed by atoms with Gasteiger partial charge in [0.05, 0.1) is 43.5 Å². The van der Waals surface area contributed by atoms with E-state index >= 15 is 0 Å². The second-order valence-corrected chi connectivity index (χ2v) is 20.1. The number of esters is 2. The second kappa shape index (κ2) is 35.3. The molecule has 1 aliphatic carbocycles. The molecule has 0 radical (unpaired) electrons. The molecule has 1 fully saturated rings. The molecule has 1 aliphatic heterocycles. The summed E-state index contributed by atoms with van der Waals surface area (Å²) < 4.78 is 51.7. The first-order valence-corrected chi connectivity index (χ1v) is 27.4. The molecule has 0 spiro atoms. The van der Waals surface area contributed by atoms with Crippen LogP contribution in [0, 0.1) is 11.8 Å². The lowest BCUT2D eigenvalue weighted by atomic mass is 9.83. The maximum Gasteiger partial charge on any atom is 0.472 e. The smallest absolute Gasteiger partial charge is 0.462 e. The molecule has 13 atom stereocenters. The summed E-state index contributed by atoms with van der Waals surface area (Å²) >= 11 is 0. The maximum absolute atomic E-state index is 13.6. The first-order valence-electron chi connectivity index (χ1n) is 24.4. The van der Waals surface area contributed by atoms with E-state index in [1.807, 2.05) is 25.2 Å². The lowest BCUT2D eigenvalue weighted by molar-refractivity contribution is -0.165. The summed E-state index contributed by atoms with van der Waals surface area (Å²) in [4.78, 5) is 56.5. The molecule has 0 aromatic heterocycles. The quantitative estimate of drug-likeness (QED) is 0.0224. The fourth-order valence-electron chi connectivity index (χ4n) is 7.63. The van der Waals surface area contributed by atoms with E-state index in [0.717, 1.165) is 44.6 Å². The molecule has 1 unspecified atom stereocenters. The normalized spacial score (nSPS) is 31.4. The van der Waals surface area contributed by atoms with Crippen molar-refractivity contribution in [3.05, 3.63) is 85.1 Å². The lowest BCUT2D eigenvalue weighted by Crippen LogP contribution is -2.56. The van der Waals surface area contributed by atoms with Gasteiger partial charge in [-0.05, 0) is 57.8 Å². The Hall–Kier alpha value is -2.94. The van der Waals surface area contributed by atoms with Crippen LogP contribution in [0.4, 0.5) is 0 Å². The van der Waals surface area contributed by atoms with Gasteiger partial charge in [0.15, 0.2) is 6.10 Å². The Morgan fingerprint density at radius 3 is 1.99 bits per heavy atom. The van der Waals surface area contributed by atoms with Crippen molar-refractivity contribution in [1.82, 2.24) is 0 Å². The topological polar surface area (TPSA) is 317 Å². The van der Waals surface area contributed by atoms with E-state index in [2.05, 4.69) is 43.4 Å². The number of rotatable bonds is 25. The van der Waals surface area contributed by atoms with Crippen LogP contribution < -0.4 is 0 Å². The third kappa shape index (κ3) is 26.7. The van der Waals surface area contributed by atoms with Crippen LogP contribution in [0.2, 0.25) is 0 Å². The number of ether oxygens (including phenoxy) is 2. The molecule has 0 saturated heterocycles. The highest BCUT2D eigenvalue weighted by Crippen LogP contribution is 2.50. The van der Waals surface area contributed by atoms with E-state index in [9.17, 15) is 69.1 Å². The molecule has 70 heavy (non-hydrogen) atoms. The van der Waals surface area contributed by atoms with E-state index < -0.39 is 127 Å². The van der Waals surface area contributed by atoms with Crippen LogP contribution in [-0.2, 0) is 41.8 Å². The average Bonchev–Trinajstić information content (AvgIpc) is 3.30. The van der Waals surface area contributed by atoms with Crippen LogP contribution in [0.5, 0.6) is 0 Å². The molecule has 2 rings (SSSR count). The molecule has 1 heterocycles. The molecule has 2 aliphatic rings. The number of carbonyl (C=O) groups excluding carboxylic acids is 2. The molecule has 0 amide bonds. The van der Waals surface area contributed by atoms with Crippen molar-refractivity contribution in [2.75, 3.05) is 13.2 Å². The van der Waals surface area contributed by atoms with Crippen LogP contribution in [0.3, 0.4) is 0 Å². The van der Waals surface area contributed by atoms with Gasteiger partial charge in [-0.1, -0.05) is 131 Å². The van der Waals surface area contributed by atoms with E-state index in [1.165, 1.54) is 37.5 Å². The van der Waals surface area contributed by atoms with Gasteiger partial charge in [-0.15, -0.1) is 0 Å². The van der Waals surface area contributed by atoms with E-state index in [-0.39, 0.29) is 19.3 Å². The molecule has 0 aromatic carbocycles. The van der Waals surface area contributed by atoms with Gasteiger partial charge in [-0.2, -0.15) is 0 Å². The first kappa shape index (κ1) is 63.2. The van der Waals surface area contributed by atoms with E-state index in [1.54, 1.807) is 6.08 Å². The van der Waals surface area contributed by atoms with Crippen molar-refractivity contribution in [2.45, 2.75) is 184 Å². The third-order valence-corrected chi connectivity index (χ3v) is 13.1. The number of fused-ring (bicyclic) bond motifs is 4. The minimum atomic E-state index is -5.77. The van der Waals surface area contributed by atoms with E-state index in [0.29, 0.717) is 19.3 Å². The largest absolute Gasteiger partial charge is 0.472 e. The Labute approximate surface area is 412 Å². The first-order chi connectivity index (χ1) is 33.3. The molecule has 1 saturated carbocycles. The summed E-state index contributed by atoms with van der Waals surface area (Å²) in [5.74, 6) is -4.85. The summed E-state index contributed by atoms with van der Waals surface area (Å²) in [5, 5.41) is 79.2. The van der Waals surface area contributed by atoms with Crippen molar-refractivity contribution >= 4 is 27.6 Å². The number of aliphatic hydroxyl groups excluding tert-OH is 7. The minimum absolute atomic E-state index is 0.0796. The predicted octanol–water partition coefficient (Wildman–Crippen LogP) is 5.77. The highest BCUT2D eigenvalue weighted by molar-refractivity contribution is 7.47. The van der Waals surface area contributed by atoms with Crippen molar-refractivity contribution < 1.29 is 92.2 Å². The molecular weight excluding hydrogens is 954 g/mol. The summed E-state index contributed by atoms with van der Waals surface area (Å²) in [7, 11) is -11.5. The Kier molecular flexibility index (Phi) is 31.8. The van der Waals surface area contributed by atoms with Crippen LogP contribution in [0.1, 0.15) is 123 Å². The second-order valence-electron chi connectivity index (χ2n) is 17.5. The zero-order valence-corrected chi connectivity index (χ0v) is 42.3. The average molecular weight is 1040 g/mol. The van der Waals surface area contributed by atoms with E-state index in [4.69, 9.17) is 23.0 Å². The monoisotopic (exact) mass is 1030 g/mol. The third-order valence-electron chi connectivity index (χ3n) is 11.5. The Morgan fingerprint density at radius 2 is 1.39 bits per heavy atom. The number of phosphoric acid groups is 2. The van der Waals surface area contributed by atoms with Gasteiger partial charge in [0, 0.05) is 24.7 Å². The number of phosphoric ester groups is 2. The van der Waals surface area contributed by atoms with Crippen molar-refractivity contribution in [3.63, 3.8) is 0 Å². The van der Waals surface area contributed by atoms with Crippen LogP contribution >= 0.6 is 15.6 Å². The standard InChI is InChI=1S/C49H80O19P2/c1-3-5-7-8-9-10-11-12-13-14-15-16-17-18-19-20-21-22-24-29-42(53)64-34-37-35-65-70(62,63)68-49-47(58)46(57)44(55)38(28-25-26-30-43(54)66-37)40(51)33-41(52)39(32-31-36(50)27-23-6-4-2)45(56)48(49)67-69(59,60)61/h9-10,12-13,15-16,18-19,21-22,25-26,31-32,36-41,44-52,55-58H,3-8,11,14,17,20,23-24,27-30,33-35H2,1-2H3,(H,62,63)(H2,59,60,61)/b10-9-,13-12-,16-15-,19-18-,22-21-,26-25-,32-31-/t36-,37-,38-,39+,40+,41-,44-,45-,46+,47-,48-,49+/m1/s1. The fraction of sp³-hybridized carbons (Fsp3) is 0.673. The SMILES string of the molecule is CCCCC/C=C\C/C=C\C/C=C\C/C=C\C/C=C\CCC(=O)OC[C@@H]1COP(=O)(O)O[C@H]2[C@H](O)[C@@H](O)[C@H](O)[C@H](C/C=C\CC(=O)O1)[C@@H](O)C[C@@H](O)[C@H](/C=C\[C@H](O)CCCCC)[C@@H](O)[C@H]2OP(=O)(O)O. The number of unbranched alkanes of at least 4 members (excludes halogenated alkanes) is 5. The number of hydrogen-bond donors (Lipinski definition) is 10. The number of cyclic esters (lactones) is 1.